The number of carbonyl (C=O) groups is 1. The van der Waals surface area contributed by atoms with Gasteiger partial charge >= 0.3 is 6.09 Å². The molecule has 2 heterocycles. The fourth-order valence-corrected chi connectivity index (χ4v) is 2.45. The molecule has 0 aromatic carbocycles. The number of nitrogens with one attached hydrogen (secondary N) is 1. The van der Waals surface area contributed by atoms with Crippen LogP contribution in [0.4, 0.5) is 13.6 Å². The minimum absolute atomic E-state index is 0.0532. The lowest BCUT2D eigenvalue weighted by Crippen LogP contribution is -2.57. The second-order valence-corrected chi connectivity index (χ2v) is 4.37. The number of amides is 1. The van der Waals surface area contributed by atoms with Gasteiger partial charge in [-0.2, -0.15) is 0 Å². The van der Waals surface area contributed by atoms with E-state index in [0.717, 1.165) is 4.90 Å². The summed E-state index contributed by atoms with van der Waals surface area (Å²) < 4.78 is 27.5. The molecule has 4 nitrogen and oxygen atoms in total. The third-order valence-corrected chi connectivity index (χ3v) is 3.48. The van der Waals surface area contributed by atoms with Crippen LogP contribution in [0.1, 0.15) is 12.8 Å². The highest BCUT2D eigenvalue weighted by atomic mass is 19.3. The molecule has 2 N–H and O–H groups in total. The minimum Gasteiger partial charge on any atom is -0.465 e. The van der Waals surface area contributed by atoms with E-state index in [4.69, 9.17) is 5.11 Å². The molecule has 2 rings (SSSR count). The van der Waals surface area contributed by atoms with E-state index in [1.54, 1.807) is 0 Å². The SMILES string of the molecule is O=C(O)N1CCC(F)(F)C2(CCNC2)C1. The molecule has 2 aliphatic rings. The number of nitrogens with zero attached hydrogens (tertiary/aromatic N) is 1. The van der Waals surface area contributed by atoms with Crippen LogP contribution in [0.2, 0.25) is 0 Å². The molecule has 15 heavy (non-hydrogen) atoms. The predicted octanol–water partition coefficient (Wildman–Crippen LogP) is 0.985. The number of hydrogen-bond donors (Lipinski definition) is 2. The minimum atomic E-state index is -2.75. The van der Waals surface area contributed by atoms with Crippen LogP contribution in [0.3, 0.4) is 0 Å². The van der Waals surface area contributed by atoms with Crippen LogP contribution in [-0.2, 0) is 0 Å². The molecular formula is C9H14F2N2O2. The molecule has 86 valence electrons. The van der Waals surface area contributed by atoms with E-state index >= 15 is 0 Å². The highest BCUT2D eigenvalue weighted by molar-refractivity contribution is 5.65. The van der Waals surface area contributed by atoms with E-state index in [-0.39, 0.29) is 26.1 Å². The van der Waals surface area contributed by atoms with Gasteiger partial charge in [0.2, 0.25) is 0 Å². The maximum absolute atomic E-state index is 13.7. The van der Waals surface area contributed by atoms with E-state index < -0.39 is 17.4 Å². The summed E-state index contributed by atoms with van der Waals surface area (Å²) in [4.78, 5) is 11.9. The van der Waals surface area contributed by atoms with Crippen LogP contribution in [0, 0.1) is 5.41 Å². The van der Waals surface area contributed by atoms with Gasteiger partial charge in [0, 0.05) is 26.1 Å². The molecule has 1 amide bonds. The molecule has 2 saturated heterocycles. The number of rotatable bonds is 0. The van der Waals surface area contributed by atoms with E-state index in [9.17, 15) is 13.6 Å². The lowest BCUT2D eigenvalue weighted by Gasteiger charge is -2.44. The van der Waals surface area contributed by atoms with Gasteiger partial charge in [0.05, 0.1) is 5.41 Å². The monoisotopic (exact) mass is 220 g/mol. The van der Waals surface area contributed by atoms with E-state index in [1.807, 2.05) is 0 Å². The molecule has 6 heteroatoms. The van der Waals surface area contributed by atoms with Crippen molar-refractivity contribution < 1.29 is 18.7 Å². The Balaban J connectivity index is 2.20. The Labute approximate surface area is 86.2 Å². The van der Waals surface area contributed by atoms with E-state index in [1.165, 1.54) is 0 Å². The molecule has 0 aromatic rings. The van der Waals surface area contributed by atoms with Gasteiger partial charge in [-0.3, -0.25) is 0 Å². The molecule has 0 aromatic heterocycles. The van der Waals surface area contributed by atoms with Gasteiger partial charge in [0.15, 0.2) is 0 Å². The molecule has 0 radical (unpaired) electrons. The molecular weight excluding hydrogens is 206 g/mol. The smallest absolute Gasteiger partial charge is 0.407 e. The largest absolute Gasteiger partial charge is 0.465 e. The first-order valence-corrected chi connectivity index (χ1v) is 5.03. The zero-order valence-electron chi connectivity index (χ0n) is 8.30. The fourth-order valence-electron chi connectivity index (χ4n) is 2.45. The predicted molar refractivity (Wildman–Crippen MR) is 49.1 cm³/mol. The summed E-state index contributed by atoms with van der Waals surface area (Å²) >= 11 is 0. The van der Waals surface area contributed by atoms with Crippen molar-refractivity contribution >= 4 is 6.09 Å². The van der Waals surface area contributed by atoms with Crippen molar-refractivity contribution in [1.29, 1.82) is 0 Å². The fraction of sp³-hybridized carbons (Fsp3) is 0.889. The van der Waals surface area contributed by atoms with Crippen LogP contribution in [0.25, 0.3) is 0 Å². The van der Waals surface area contributed by atoms with Gasteiger partial charge in [-0.15, -0.1) is 0 Å². The Bertz CT molecular complexity index is 277. The number of halogens is 2. The van der Waals surface area contributed by atoms with Crippen molar-refractivity contribution in [3.05, 3.63) is 0 Å². The molecule has 2 fully saturated rings. The summed E-state index contributed by atoms with van der Waals surface area (Å²) in [6.45, 7) is 0.638. The quantitative estimate of drug-likeness (QED) is 0.640. The molecule has 2 aliphatic heterocycles. The second kappa shape index (κ2) is 3.30. The van der Waals surface area contributed by atoms with Gasteiger partial charge in [-0.05, 0) is 13.0 Å². The Kier molecular flexibility index (Phi) is 2.33. The van der Waals surface area contributed by atoms with Crippen molar-refractivity contribution in [1.82, 2.24) is 10.2 Å². The lowest BCUT2D eigenvalue weighted by molar-refractivity contribution is -0.152. The topological polar surface area (TPSA) is 52.6 Å². The normalized spacial score (nSPS) is 34.7. The molecule has 1 spiro atoms. The Morgan fingerprint density at radius 2 is 2.13 bits per heavy atom. The summed E-state index contributed by atoms with van der Waals surface area (Å²) in [5.41, 5.74) is -1.18. The van der Waals surface area contributed by atoms with Gasteiger partial charge in [0.25, 0.3) is 5.92 Å². The van der Waals surface area contributed by atoms with Crippen LogP contribution < -0.4 is 5.32 Å². The molecule has 1 atom stereocenters. The standard InChI is InChI=1S/C9H14F2N2O2/c10-9(11)2-4-13(7(14)15)6-8(9)1-3-12-5-8/h12H,1-6H2,(H,14,15). The number of carboxylic acid groups (broad SMARTS) is 1. The molecule has 0 aliphatic carbocycles. The molecule has 0 bridgehead atoms. The average Bonchev–Trinajstić information content (AvgIpc) is 2.60. The first-order valence-electron chi connectivity index (χ1n) is 5.03. The zero-order valence-corrected chi connectivity index (χ0v) is 8.30. The summed E-state index contributed by atoms with van der Waals surface area (Å²) in [5.74, 6) is -2.75. The Hall–Kier alpha value is -0.910. The van der Waals surface area contributed by atoms with Crippen LogP contribution in [0.15, 0.2) is 0 Å². The van der Waals surface area contributed by atoms with Crippen molar-refractivity contribution in [3.8, 4) is 0 Å². The van der Waals surface area contributed by atoms with Crippen LogP contribution in [-0.4, -0.2) is 48.2 Å². The highest BCUT2D eigenvalue weighted by Crippen LogP contribution is 2.47. The maximum atomic E-state index is 13.7. The summed E-state index contributed by atoms with van der Waals surface area (Å²) in [6, 6.07) is 0. The van der Waals surface area contributed by atoms with Crippen molar-refractivity contribution in [2.24, 2.45) is 5.41 Å². The van der Waals surface area contributed by atoms with Crippen LogP contribution in [0.5, 0.6) is 0 Å². The molecule has 1 unspecified atom stereocenters. The second-order valence-electron chi connectivity index (χ2n) is 4.37. The summed E-state index contributed by atoms with van der Waals surface area (Å²) in [7, 11) is 0. The number of alkyl halides is 2. The maximum Gasteiger partial charge on any atom is 0.407 e. The highest BCUT2D eigenvalue weighted by Gasteiger charge is 2.58. The van der Waals surface area contributed by atoms with Gasteiger partial charge in [0.1, 0.15) is 0 Å². The summed E-state index contributed by atoms with van der Waals surface area (Å²) in [6.07, 6.45) is -1.11. The van der Waals surface area contributed by atoms with Gasteiger partial charge < -0.3 is 15.3 Å². The van der Waals surface area contributed by atoms with Gasteiger partial charge in [-0.1, -0.05) is 0 Å². The number of hydrogen-bond acceptors (Lipinski definition) is 2. The van der Waals surface area contributed by atoms with E-state index in [0.29, 0.717) is 13.0 Å². The first kappa shape index (κ1) is 10.6. The summed E-state index contributed by atoms with van der Waals surface area (Å²) in [5, 5.41) is 11.7. The molecule has 0 saturated carbocycles. The Morgan fingerprint density at radius 3 is 2.67 bits per heavy atom. The third-order valence-electron chi connectivity index (χ3n) is 3.48. The average molecular weight is 220 g/mol. The zero-order chi connectivity index (χ0) is 11.1. The third kappa shape index (κ3) is 1.56. The lowest BCUT2D eigenvalue weighted by atomic mass is 9.76. The number of likely N-dealkylation sites (tertiary alicyclic amines) is 1. The van der Waals surface area contributed by atoms with Crippen molar-refractivity contribution in [2.45, 2.75) is 18.8 Å². The number of piperidine rings is 1. The van der Waals surface area contributed by atoms with Gasteiger partial charge in [-0.25, -0.2) is 13.6 Å². The van der Waals surface area contributed by atoms with E-state index in [2.05, 4.69) is 5.32 Å². The van der Waals surface area contributed by atoms with Crippen LogP contribution >= 0.6 is 0 Å². The van der Waals surface area contributed by atoms with Crippen molar-refractivity contribution in [3.63, 3.8) is 0 Å². The van der Waals surface area contributed by atoms with Crippen molar-refractivity contribution in [2.75, 3.05) is 26.2 Å². The Morgan fingerprint density at radius 1 is 1.40 bits per heavy atom. The first-order chi connectivity index (χ1) is 6.97.